The molecule has 7 nitrogen and oxygen atoms in total. The van der Waals surface area contributed by atoms with Gasteiger partial charge in [0.05, 0.1) is 21.9 Å². The summed E-state index contributed by atoms with van der Waals surface area (Å²) in [6.07, 6.45) is 0. The number of nitro benzene ring substituents is 1. The van der Waals surface area contributed by atoms with E-state index in [-0.39, 0.29) is 16.5 Å². The van der Waals surface area contributed by atoms with E-state index < -0.39 is 22.4 Å². The van der Waals surface area contributed by atoms with Gasteiger partial charge in [-0.05, 0) is 36.4 Å². The minimum Gasteiger partial charge on any atom is -0.404 e. The van der Waals surface area contributed by atoms with Crippen molar-refractivity contribution in [3.63, 3.8) is 0 Å². The normalized spacial score (nSPS) is 10.6. The fraction of sp³-hybridized carbons (Fsp3) is 0. The molecule has 1 heterocycles. The van der Waals surface area contributed by atoms with Crippen LogP contribution in [0.2, 0.25) is 5.02 Å². The molecule has 0 radical (unpaired) electrons. The lowest BCUT2D eigenvalue weighted by Gasteiger charge is -2.08. The molecule has 0 aliphatic rings. The van der Waals surface area contributed by atoms with Crippen LogP contribution in [-0.2, 0) is 0 Å². The number of nitro groups is 1. The Morgan fingerprint density at radius 3 is 2.42 bits per heavy atom. The number of nitrogens with zero attached hydrogens (tertiary/aromatic N) is 3. The molecule has 4 rings (SSSR count). The molecule has 31 heavy (non-hydrogen) atoms. The quantitative estimate of drug-likeness (QED) is 0.235. The van der Waals surface area contributed by atoms with Crippen molar-refractivity contribution in [3.8, 4) is 22.8 Å². The van der Waals surface area contributed by atoms with E-state index in [0.717, 1.165) is 11.6 Å². The van der Waals surface area contributed by atoms with Crippen LogP contribution in [0, 0.1) is 15.9 Å². The number of hydrogen-bond donors (Lipinski definition) is 0. The van der Waals surface area contributed by atoms with Gasteiger partial charge in [-0.3, -0.25) is 10.1 Å². The van der Waals surface area contributed by atoms with Gasteiger partial charge in [0.2, 0.25) is 5.88 Å². The molecule has 0 aliphatic heterocycles. The second kappa shape index (κ2) is 8.37. The van der Waals surface area contributed by atoms with Gasteiger partial charge in [-0.25, -0.2) is 13.9 Å². The zero-order valence-corrected chi connectivity index (χ0v) is 16.5. The third-order valence-corrected chi connectivity index (χ3v) is 4.71. The van der Waals surface area contributed by atoms with Gasteiger partial charge in [0.25, 0.3) is 5.69 Å². The maximum atomic E-state index is 13.4. The summed E-state index contributed by atoms with van der Waals surface area (Å²) >= 11 is 5.81. The largest absolute Gasteiger partial charge is 0.404 e. The third kappa shape index (κ3) is 4.29. The summed E-state index contributed by atoms with van der Waals surface area (Å²) in [6.45, 7) is 0. The number of carbonyl (C=O) groups is 1. The Balaban J connectivity index is 1.74. The number of ether oxygens (including phenoxy) is 1. The SMILES string of the molecule is O=C(Oc1cc(-c2ccccc2)nn1-c1ccc(F)cc1)c1ccc(Cl)c([N+](=O)[O-])c1. The van der Waals surface area contributed by atoms with Gasteiger partial charge in [0.1, 0.15) is 10.8 Å². The summed E-state index contributed by atoms with van der Waals surface area (Å²) in [5, 5.41) is 15.5. The van der Waals surface area contributed by atoms with Crippen molar-refractivity contribution in [3.05, 3.63) is 105 Å². The minimum absolute atomic E-state index is 0.0517. The highest BCUT2D eigenvalue weighted by molar-refractivity contribution is 6.32. The highest BCUT2D eigenvalue weighted by Gasteiger charge is 2.20. The number of halogens is 2. The standard InChI is InChI=1S/C22H13ClFN3O4/c23-18-11-6-15(12-20(18)27(29)30)22(28)31-21-13-19(14-4-2-1-3-5-14)25-26(21)17-9-7-16(24)8-10-17/h1-13H. The van der Waals surface area contributed by atoms with Crippen LogP contribution in [0.15, 0.2) is 78.9 Å². The van der Waals surface area contributed by atoms with E-state index in [1.54, 1.807) is 6.07 Å². The van der Waals surface area contributed by atoms with Gasteiger partial charge in [-0.15, -0.1) is 0 Å². The first kappa shape index (κ1) is 20.2. The number of carbonyl (C=O) groups excluding carboxylic acids is 1. The Hall–Kier alpha value is -4.04. The van der Waals surface area contributed by atoms with Crippen molar-refractivity contribution in [1.82, 2.24) is 9.78 Å². The molecule has 0 fully saturated rings. The predicted octanol–water partition coefficient (Wildman–Crippen LogP) is 5.46. The zero-order chi connectivity index (χ0) is 22.0. The lowest BCUT2D eigenvalue weighted by Crippen LogP contribution is -2.12. The van der Waals surface area contributed by atoms with Crippen molar-refractivity contribution in [2.45, 2.75) is 0 Å². The van der Waals surface area contributed by atoms with Gasteiger partial charge in [-0.2, -0.15) is 5.10 Å². The highest BCUT2D eigenvalue weighted by Crippen LogP contribution is 2.29. The van der Waals surface area contributed by atoms with E-state index in [1.807, 2.05) is 30.3 Å². The van der Waals surface area contributed by atoms with Crippen LogP contribution in [0.4, 0.5) is 10.1 Å². The fourth-order valence-corrected chi connectivity index (χ4v) is 3.07. The Bertz CT molecular complexity index is 1270. The van der Waals surface area contributed by atoms with Crippen molar-refractivity contribution in [2.24, 2.45) is 0 Å². The van der Waals surface area contributed by atoms with Gasteiger partial charge >= 0.3 is 5.97 Å². The van der Waals surface area contributed by atoms with Gasteiger partial charge in [-0.1, -0.05) is 41.9 Å². The van der Waals surface area contributed by atoms with Crippen LogP contribution in [-0.4, -0.2) is 20.7 Å². The monoisotopic (exact) mass is 437 g/mol. The molecule has 0 amide bonds. The van der Waals surface area contributed by atoms with Crippen molar-refractivity contribution in [2.75, 3.05) is 0 Å². The van der Waals surface area contributed by atoms with Crippen LogP contribution < -0.4 is 4.74 Å². The van der Waals surface area contributed by atoms with E-state index in [4.69, 9.17) is 16.3 Å². The molecular weight excluding hydrogens is 425 g/mol. The molecule has 1 aromatic heterocycles. The smallest absolute Gasteiger partial charge is 0.345 e. The summed E-state index contributed by atoms with van der Waals surface area (Å²) in [4.78, 5) is 23.1. The summed E-state index contributed by atoms with van der Waals surface area (Å²) in [5.74, 6) is -1.19. The first-order valence-electron chi connectivity index (χ1n) is 9.00. The summed E-state index contributed by atoms with van der Waals surface area (Å²) in [6, 6.07) is 19.9. The summed E-state index contributed by atoms with van der Waals surface area (Å²) in [5.41, 5.74) is 1.31. The van der Waals surface area contributed by atoms with Gasteiger partial charge in [0.15, 0.2) is 0 Å². The maximum absolute atomic E-state index is 13.4. The molecule has 0 atom stereocenters. The van der Waals surface area contributed by atoms with Crippen LogP contribution in [0.1, 0.15) is 10.4 Å². The number of rotatable bonds is 5. The Labute approximate surface area is 180 Å². The number of hydrogen-bond acceptors (Lipinski definition) is 5. The molecular formula is C22H13ClFN3O4. The van der Waals surface area contributed by atoms with E-state index in [1.165, 1.54) is 41.1 Å². The van der Waals surface area contributed by atoms with Gasteiger partial charge in [0, 0.05) is 17.7 Å². The number of aromatic nitrogens is 2. The lowest BCUT2D eigenvalue weighted by atomic mass is 10.2. The van der Waals surface area contributed by atoms with Gasteiger partial charge < -0.3 is 4.74 Å². The molecule has 0 spiro atoms. The summed E-state index contributed by atoms with van der Waals surface area (Å²) in [7, 11) is 0. The molecule has 0 aliphatic carbocycles. The maximum Gasteiger partial charge on any atom is 0.345 e. The molecule has 154 valence electrons. The topological polar surface area (TPSA) is 87.3 Å². The van der Waals surface area contributed by atoms with Crippen LogP contribution >= 0.6 is 11.6 Å². The van der Waals surface area contributed by atoms with Crippen LogP contribution in [0.5, 0.6) is 5.88 Å². The van der Waals surface area contributed by atoms with Crippen LogP contribution in [0.25, 0.3) is 16.9 Å². The Morgan fingerprint density at radius 2 is 1.74 bits per heavy atom. The molecule has 0 saturated carbocycles. The van der Waals surface area contributed by atoms with E-state index in [9.17, 15) is 19.3 Å². The summed E-state index contributed by atoms with van der Waals surface area (Å²) < 4.78 is 20.2. The molecule has 4 aromatic rings. The van der Waals surface area contributed by atoms with Crippen LogP contribution in [0.3, 0.4) is 0 Å². The molecule has 0 bridgehead atoms. The number of esters is 1. The second-order valence-corrected chi connectivity index (χ2v) is 6.84. The number of benzene rings is 3. The Morgan fingerprint density at radius 1 is 1.03 bits per heavy atom. The lowest BCUT2D eigenvalue weighted by molar-refractivity contribution is -0.384. The van der Waals surface area contributed by atoms with E-state index in [0.29, 0.717) is 11.4 Å². The van der Waals surface area contributed by atoms with Crippen molar-refractivity contribution in [1.29, 1.82) is 0 Å². The molecule has 3 aromatic carbocycles. The zero-order valence-electron chi connectivity index (χ0n) is 15.7. The van der Waals surface area contributed by atoms with Crippen molar-refractivity contribution >= 4 is 23.3 Å². The van der Waals surface area contributed by atoms with E-state index in [2.05, 4.69) is 5.10 Å². The molecule has 0 unspecified atom stereocenters. The first-order valence-corrected chi connectivity index (χ1v) is 9.38. The Kier molecular flexibility index (Phi) is 5.46. The predicted molar refractivity (Wildman–Crippen MR) is 112 cm³/mol. The van der Waals surface area contributed by atoms with Crippen molar-refractivity contribution < 1.29 is 18.8 Å². The highest BCUT2D eigenvalue weighted by atomic mass is 35.5. The third-order valence-electron chi connectivity index (χ3n) is 4.39. The average Bonchev–Trinajstić information content (AvgIpc) is 3.18. The molecule has 9 heteroatoms. The first-order chi connectivity index (χ1) is 14.9. The minimum atomic E-state index is -0.831. The molecule has 0 saturated heterocycles. The van der Waals surface area contributed by atoms with E-state index >= 15 is 0 Å². The molecule has 0 N–H and O–H groups in total. The second-order valence-electron chi connectivity index (χ2n) is 6.43. The fourth-order valence-electron chi connectivity index (χ4n) is 2.89. The average molecular weight is 438 g/mol.